The van der Waals surface area contributed by atoms with E-state index >= 15 is 0 Å². The highest BCUT2D eigenvalue weighted by molar-refractivity contribution is 6.12. The first kappa shape index (κ1) is 40.8. The molecule has 0 bridgehead atoms. The zero-order chi connectivity index (χ0) is 35.7. The largest absolute Gasteiger partial charge is 0.377 e. The Morgan fingerprint density at radius 2 is 1.31 bits per heavy atom. The molecule has 2 atom stereocenters. The van der Waals surface area contributed by atoms with E-state index in [-0.39, 0.29) is 60.4 Å². The predicted octanol–water partition coefficient (Wildman–Crippen LogP) is 1.08. The average Bonchev–Trinajstić information content (AvgIpc) is 3.37. The van der Waals surface area contributed by atoms with Crippen LogP contribution < -0.4 is 21.3 Å². The van der Waals surface area contributed by atoms with Crippen molar-refractivity contribution in [1.82, 2.24) is 26.2 Å². The van der Waals surface area contributed by atoms with Gasteiger partial charge in [-0.05, 0) is 50.9 Å². The third-order valence-corrected chi connectivity index (χ3v) is 8.88. The van der Waals surface area contributed by atoms with Gasteiger partial charge in [-0.3, -0.25) is 33.7 Å². The molecule has 1 aliphatic carbocycles. The molecule has 0 spiro atoms. The Morgan fingerprint density at radius 1 is 0.792 bits per heavy atom. The summed E-state index contributed by atoms with van der Waals surface area (Å²) in [5.41, 5.74) is -0.590. The van der Waals surface area contributed by atoms with E-state index < -0.39 is 23.4 Å². The zero-order valence-electron chi connectivity index (χ0n) is 29.6. The van der Waals surface area contributed by atoms with Crippen molar-refractivity contribution in [2.75, 3.05) is 59.3 Å². The molecule has 0 radical (unpaired) electrons. The highest BCUT2D eigenvalue weighted by atomic mass is 16.5. The Hall–Kier alpha value is -3.36. The van der Waals surface area contributed by atoms with Crippen LogP contribution in [0.4, 0.5) is 0 Å². The summed E-state index contributed by atoms with van der Waals surface area (Å²) in [5.74, 6) is -1.47. The van der Waals surface area contributed by atoms with Crippen LogP contribution in [0.3, 0.4) is 0 Å². The predicted molar refractivity (Wildman–Crippen MR) is 178 cm³/mol. The van der Waals surface area contributed by atoms with Crippen molar-refractivity contribution in [2.24, 2.45) is 23.2 Å². The monoisotopic (exact) mass is 679 g/mol. The number of rotatable bonds is 22. The van der Waals surface area contributed by atoms with E-state index in [0.29, 0.717) is 52.5 Å². The van der Waals surface area contributed by atoms with Gasteiger partial charge in [0.05, 0.1) is 39.6 Å². The van der Waals surface area contributed by atoms with Gasteiger partial charge in [0.2, 0.25) is 23.6 Å². The highest BCUT2D eigenvalue weighted by Crippen LogP contribution is 2.30. The van der Waals surface area contributed by atoms with Crippen LogP contribution >= 0.6 is 0 Å². The second-order valence-electron chi connectivity index (χ2n) is 13.4. The minimum Gasteiger partial charge on any atom is -0.377 e. The molecule has 14 nitrogen and oxygen atoms in total. The van der Waals surface area contributed by atoms with Crippen molar-refractivity contribution in [3.8, 4) is 0 Å². The lowest BCUT2D eigenvalue weighted by molar-refractivity contribution is -0.138. The van der Waals surface area contributed by atoms with Gasteiger partial charge in [0.25, 0.3) is 11.8 Å². The topological polar surface area (TPSA) is 181 Å². The lowest BCUT2D eigenvalue weighted by Crippen LogP contribution is -2.56. The first-order chi connectivity index (χ1) is 22.8. The number of nitrogens with one attached hydrogen (secondary N) is 4. The standard InChI is InChI=1S/C34H57N5O9/c1-7-34(5,6)33(45)37-24(4)30(42)38-29(23(2)3)32(44)36-15-17-47-19-21-48-20-18-46-16-14-35-31(43)26-10-8-25(9-11-26)22-39-27(40)12-13-28(39)41/h12-13,23-26,29H,7-11,14-22H2,1-6H3,(H,35,43)(H,36,44)(H,37,45)(H,38,42)/t24-,25?,26?,29-/m1/s1. The van der Waals surface area contributed by atoms with Gasteiger partial charge in [-0.25, -0.2) is 0 Å². The fourth-order valence-corrected chi connectivity index (χ4v) is 5.20. The highest BCUT2D eigenvalue weighted by Gasteiger charge is 2.32. The Kier molecular flexibility index (Phi) is 17.8. The molecule has 272 valence electrons. The molecule has 0 aromatic rings. The molecular formula is C34H57N5O9. The van der Waals surface area contributed by atoms with Gasteiger partial charge < -0.3 is 35.5 Å². The summed E-state index contributed by atoms with van der Waals surface area (Å²) >= 11 is 0. The van der Waals surface area contributed by atoms with Crippen molar-refractivity contribution in [3.05, 3.63) is 12.2 Å². The van der Waals surface area contributed by atoms with Gasteiger partial charge in [-0.2, -0.15) is 0 Å². The molecule has 6 amide bonds. The van der Waals surface area contributed by atoms with Gasteiger partial charge >= 0.3 is 0 Å². The number of ether oxygens (including phenoxy) is 3. The maximum absolute atomic E-state index is 12.7. The number of carbonyl (C=O) groups excluding carboxylic acids is 6. The molecule has 0 aromatic heterocycles. The number of nitrogens with zero attached hydrogens (tertiary/aromatic N) is 1. The second-order valence-corrected chi connectivity index (χ2v) is 13.4. The van der Waals surface area contributed by atoms with Gasteiger partial charge in [-0.15, -0.1) is 0 Å². The SMILES string of the molecule is CCC(C)(C)C(=O)N[C@H](C)C(=O)N[C@@H](C(=O)NCCOCCOCCOCCNC(=O)C1CCC(CN2C(=O)C=CC2=O)CC1)C(C)C. The molecule has 1 aliphatic heterocycles. The van der Waals surface area contributed by atoms with Crippen LogP contribution in [-0.4, -0.2) is 112 Å². The molecule has 4 N–H and O–H groups in total. The molecular weight excluding hydrogens is 622 g/mol. The van der Waals surface area contributed by atoms with Crippen LogP contribution in [0.5, 0.6) is 0 Å². The Balaban J connectivity index is 1.45. The van der Waals surface area contributed by atoms with Crippen LogP contribution in [-0.2, 0) is 43.0 Å². The lowest BCUT2D eigenvalue weighted by Gasteiger charge is -2.30. The molecule has 1 fully saturated rings. The number of imide groups is 1. The van der Waals surface area contributed by atoms with Crippen molar-refractivity contribution in [3.63, 3.8) is 0 Å². The minimum absolute atomic E-state index is 0.00713. The molecule has 0 saturated heterocycles. The van der Waals surface area contributed by atoms with Crippen molar-refractivity contribution < 1.29 is 43.0 Å². The van der Waals surface area contributed by atoms with Gasteiger partial charge in [-0.1, -0.05) is 34.6 Å². The number of amides is 6. The molecule has 2 aliphatic rings. The van der Waals surface area contributed by atoms with Crippen LogP contribution in [0.1, 0.15) is 73.6 Å². The first-order valence-corrected chi connectivity index (χ1v) is 17.2. The van der Waals surface area contributed by atoms with Gasteiger partial charge in [0.1, 0.15) is 12.1 Å². The van der Waals surface area contributed by atoms with Crippen molar-refractivity contribution in [2.45, 2.75) is 85.7 Å². The molecule has 48 heavy (non-hydrogen) atoms. The molecule has 1 heterocycles. The Labute approximate surface area is 284 Å². The summed E-state index contributed by atoms with van der Waals surface area (Å²) < 4.78 is 16.5. The molecule has 0 unspecified atom stereocenters. The summed E-state index contributed by atoms with van der Waals surface area (Å²) in [7, 11) is 0. The maximum Gasteiger partial charge on any atom is 0.253 e. The van der Waals surface area contributed by atoms with E-state index in [4.69, 9.17) is 14.2 Å². The van der Waals surface area contributed by atoms with Crippen LogP contribution in [0.15, 0.2) is 12.2 Å². The van der Waals surface area contributed by atoms with E-state index in [9.17, 15) is 28.8 Å². The van der Waals surface area contributed by atoms with E-state index in [1.54, 1.807) is 6.92 Å². The molecule has 14 heteroatoms. The second kappa shape index (κ2) is 20.9. The molecule has 2 rings (SSSR count). The van der Waals surface area contributed by atoms with Gasteiger partial charge in [0.15, 0.2) is 0 Å². The molecule has 0 aromatic carbocycles. The number of hydrogen-bond donors (Lipinski definition) is 4. The normalized spacial score (nSPS) is 19.3. The summed E-state index contributed by atoms with van der Waals surface area (Å²) in [6, 6.07) is -1.53. The lowest BCUT2D eigenvalue weighted by atomic mass is 9.81. The summed E-state index contributed by atoms with van der Waals surface area (Å²) in [6.45, 7) is 14.0. The molecule has 1 saturated carbocycles. The van der Waals surface area contributed by atoms with Crippen LogP contribution in [0.2, 0.25) is 0 Å². The van der Waals surface area contributed by atoms with Crippen LogP contribution in [0, 0.1) is 23.2 Å². The van der Waals surface area contributed by atoms with E-state index in [2.05, 4.69) is 21.3 Å². The first-order valence-electron chi connectivity index (χ1n) is 17.2. The Morgan fingerprint density at radius 3 is 1.83 bits per heavy atom. The smallest absolute Gasteiger partial charge is 0.253 e. The van der Waals surface area contributed by atoms with Gasteiger partial charge in [0, 0.05) is 43.1 Å². The van der Waals surface area contributed by atoms with E-state index in [1.165, 1.54) is 17.1 Å². The van der Waals surface area contributed by atoms with E-state index in [1.807, 2.05) is 34.6 Å². The number of hydrogen-bond acceptors (Lipinski definition) is 9. The van der Waals surface area contributed by atoms with Crippen molar-refractivity contribution in [1.29, 1.82) is 0 Å². The zero-order valence-corrected chi connectivity index (χ0v) is 29.6. The summed E-state index contributed by atoms with van der Waals surface area (Å²) in [5, 5.41) is 11.2. The number of carbonyl (C=O) groups is 6. The summed E-state index contributed by atoms with van der Waals surface area (Å²) in [4.78, 5) is 75.0. The maximum atomic E-state index is 12.7. The third-order valence-electron chi connectivity index (χ3n) is 8.88. The fraction of sp³-hybridized carbons (Fsp3) is 0.765. The minimum atomic E-state index is -0.776. The fourth-order valence-electron chi connectivity index (χ4n) is 5.20. The van der Waals surface area contributed by atoms with E-state index in [0.717, 1.165) is 25.7 Å². The van der Waals surface area contributed by atoms with Crippen molar-refractivity contribution >= 4 is 35.4 Å². The quantitative estimate of drug-likeness (QED) is 0.0962. The Bertz CT molecular complexity index is 1100. The summed E-state index contributed by atoms with van der Waals surface area (Å²) in [6.07, 6.45) is 6.32. The third kappa shape index (κ3) is 14.0. The van der Waals surface area contributed by atoms with Crippen LogP contribution in [0.25, 0.3) is 0 Å². The average molecular weight is 680 g/mol.